The topological polar surface area (TPSA) is 53.6 Å². The van der Waals surface area contributed by atoms with Gasteiger partial charge in [0.05, 0.1) is 6.04 Å². The lowest BCUT2D eigenvalue weighted by Crippen LogP contribution is -2.46. The quantitative estimate of drug-likeness (QED) is 0.294. The molecule has 1 fully saturated rings. The second-order valence-corrected chi connectivity index (χ2v) is 3.70. The van der Waals surface area contributed by atoms with Crippen LogP contribution in [0.4, 0.5) is 0 Å². The number of hydrogen-bond donors (Lipinski definition) is 2. The van der Waals surface area contributed by atoms with Crippen LogP contribution >= 0.6 is 0 Å². The Bertz CT molecular complexity index is 186. The van der Waals surface area contributed by atoms with Gasteiger partial charge in [0.15, 0.2) is 0 Å². The number of hydrazine groups is 1. The highest BCUT2D eigenvalue weighted by atomic mass is 15.4. The van der Waals surface area contributed by atoms with E-state index in [2.05, 4.69) is 29.2 Å². The zero-order chi connectivity index (χ0) is 9.84. The summed E-state index contributed by atoms with van der Waals surface area (Å²) in [7, 11) is 2.02. The Morgan fingerprint density at radius 2 is 2.31 bits per heavy atom. The van der Waals surface area contributed by atoms with E-state index in [9.17, 15) is 0 Å². The Morgan fingerprint density at radius 1 is 1.69 bits per heavy atom. The van der Waals surface area contributed by atoms with Gasteiger partial charge in [-0.05, 0) is 26.2 Å². The molecule has 1 aliphatic rings. The molecule has 0 bridgehead atoms. The van der Waals surface area contributed by atoms with E-state index >= 15 is 0 Å². The van der Waals surface area contributed by atoms with Gasteiger partial charge in [-0.15, -0.1) is 0 Å². The number of nitrogens with two attached hydrogens (primary N) is 1. The molecule has 1 unspecified atom stereocenters. The Balaban J connectivity index is 2.53. The maximum Gasteiger partial charge on any atom is 0.208 e. The standard InChI is InChI=1S/C9H20N4/c1-4-7(2)13(3)9(12-10)11-8-5-6-8/h7-8H,4-6,10H2,1-3H3,(H,11,12). The summed E-state index contributed by atoms with van der Waals surface area (Å²) in [5, 5.41) is 0. The van der Waals surface area contributed by atoms with Gasteiger partial charge in [-0.3, -0.25) is 5.43 Å². The fraction of sp³-hybridized carbons (Fsp3) is 0.889. The largest absolute Gasteiger partial charge is 0.342 e. The molecule has 1 saturated carbocycles. The predicted molar refractivity (Wildman–Crippen MR) is 55.3 cm³/mol. The van der Waals surface area contributed by atoms with E-state index in [1.807, 2.05) is 7.05 Å². The Hall–Kier alpha value is -0.770. The SMILES string of the molecule is CCC(C)N(C)C(=NC1CC1)NN. The molecule has 0 aliphatic heterocycles. The second kappa shape index (κ2) is 4.46. The van der Waals surface area contributed by atoms with Crippen molar-refractivity contribution in [3.63, 3.8) is 0 Å². The van der Waals surface area contributed by atoms with Crippen LogP contribution in [-0.4, -0.2) is 30.0 Å². The van der Waals surface area contributed by atoms with Crippen molar-refractivity contribution in [1.29, 1.82) is 0 Å². The molecule has 0 spiro atoms. The van der Waals surface area contributed by atoms with E-state index in [1.54, 1.807) is 0 Å². The summed E-state index contributed by atoms with van der Waals surface area (Å²) in [5.74, 6) is 6.24. The monoisotopic (exact) mass is 184 g/mol. The zero-order valence-corrected chi connectivity index (χ0v) is 8.75. The van der Waals surface area contributed by atoms with Crippen molar-refractivity contribution in [1.82, 2.24) is 10.3 Å². The molecule has 0 heterocycles. The number of guanidine groups is 1. The number of aliphatic imine (C=N–C) groups is 1. The third-order valence-electron chi connectivity index (χ3n) is 2.57. The van der Waals surface area contributed by atoms with Crippen LogP contribution in [0, 0.1) is 0 Å². The molecule has 13 heavy (non-hydrogen) atoms. The van der Waals surface area contributed by atoms with Gasteiger partial charge in [-0.25, -0.2) is 10.8 Å². The van der Waals surface area contributed by atoms with Gasteiger partial charge in [-0.1, -0.05) is 6.92 Å². The maximum absolute atomic E-state index is 5.42. The predicted octanol–water partition coefficient (Wildman–Crippen LogP) is 0.698. The Labute approximate surface area is 80.2 Å². The molecule has 76 valence electrons. The van der Waals surface area contributed by atoms with Crippen molar-refractivity contribution in [2.24, 2.45) is 10.8 Å². The highest BCUT2D eigenvalue weighted by Gasteiger charge is 2.22. The molecule has 0 radical (unpaired) electrons. The number of rotatable bonds is 3. The smallest absolute Gasteiger partial charge is 0.208 e. The molecule has 4 nitrogen and oxygen atoms in total. The third-order valence-corrected chi connectivity index (χ3v) is 2.57. The Kier molecular flexibility index (Phi) is 3.54. The van der Waals surface area contributed by atoms with Gasteiger partial charge in [0.1, 0.15) is 0 Å². The maximum atomic E-state index is 5.42. The highest BCUT2D eigenvalue weighted by molar-refractivity contribution is 5.79. The lowest BCUT2D eigenvalue weighted by Gasteiger charge is -2.26. The summed E-state index contributed by atoms with van der Waals surface area (Å²) in [6.07, 6.45) is 3.51. The second-order valence-electron chi connectivity index (χ2n) is 3.70. The first-order valence-corrected chi connectivity index (χ1v) is 4.96. The van der Waals surface area contributed by atoms with E-state index in [1.165, 1.54) is 12.8 Å². The van der Waals surface area contributed by atoms with Crippen LogP contribution in [0.15, 0.2) is 4.99 Å². The molecule has 1 aliphatic carbocycles. The van der Waals surface area contributed by atoms with Crippen LogP contribution < -0.4 is 11.3 Å². The lowest BCUT2D eigenvalue weighted by molar-refractivity contribution is 0.367. The van der Waals surface area contributed by atoms with Gasteiger partial charge >= 0.3 is 0 Å². The van der Waals surface area contributed by atoms with Gasteiger partial charge in [0.2, 0.25) is 5.96 Å². The molecular weight excluding hydrogens is 164 g/mol. The molecule has 0 saturated heterocycles. The minimum Gasteiger partial charge on any atom is -0.342 e. The van der Waals surface area contributed by atoms with Crippen LogP contribution in [0.3, 0.4) is 0 Å². The van der Waals surface area contributed by atoms with Crippen LogP contribution in [0.1, 0.15) is 33.1 Å². The van der Waals surface area contributed by atoms with Crippen LogP contribution in [0.2, 0.25) is 0 Å². The van der Waals surface area contributed by atoms with E-state index < -0.39 is 0 Å². The van der Waals surface area contributed by atoms with E-state index in [0.717, 1.165) is 12.4 Å². The summed E-state index contributed by atoms with van der Waals surface area (Å²) in [6, 6.07) is 0.992. The van der Waals surface area contributed by atoms with Crippen molar-refractivity contribution in [3.05, 3.63) is 0 Å². The third kappa shape index (κ3) is 2.88. The van der Waals surface area contributed by atoms with Gasteiger partial charge in [-0.2, -0.15) is 0 Å². The lowest BCUT2D eigenvalue weighted by atomic mass is 10.2. The highest BCUT2D eigenvalue weighted by Crippen LogP contribution is 2.23. The van der Waals surface area contributed by atoms with Gasteiger partial charge in [0.25, 0.3) is 0 Å². The molecule has 1 rings (SSSR count). The first kappa shape index (κ1) is 10.3. The van der Waals surface area contributed by atoms with Gasteiger partial charge < -0.3 is 4.90 Å². The molecule has 4 heteroatoms. The summed E-state index contributed by atoms with van der Waals surface area (Å²) >= 11 is 0. The fourth-order valence-corrected chi connectivity index (χ4v) is 1.09. The molecule has 0 aromatic rings. The van der Waals surface area contributed by atoms with Crippen LogP contribution in [0.25, 0.3) is 0 Å². The van der Waals surface area contributed by atoms with Crippen molar-refractivity contribution >= 4 is 5.96 Å². The minimum absolute atomic E-state index is 0.480. The van der Waals surface area contributed by atoms with Crippen LogP contribution in [-0.2, 0) is 0 Å². The average molecular weight is 184 g/mol. The number of hydrogen-bond acceptors (Lipinski definition) is 2. The van der Waals surface area contributed by atoms with E-state index in [-0.39, 0.29) is 0 Å². The molecule has 3 N–H and O–H groups in total. The molecular formula is C9H20N4. The number of nitrogens with zero attached hydrogens (tertiary/aromatic N) is 2. The van der Waals surface area contributed by atoms with E-state index in [4.69, 9.17) is 5.84 Å². The summed E-state index contributed by atoms with van der Waals surface area (Å²) in [6.45, 7) is 4.33. The first-order chi connectivity index (χ1) is 6.19. The van der Waals surface area contributed by atoms with Crippen LogP contribution in [0.5, 0.6) is 0 Å². The van der Waals surface area contributed by atoms with Crippen molar-refractivity contribution < 1.29 is 0 Å². The Morgan fingerprint density at radius 3 is 2.69 bits per heavy atom. The average Bonchev–Trinajstić information content (AvgIpc) is 2.95. The molecule has 1 atom stereocenters. The van der Waals surface area contributed by atoms with E-state index in [0.29, 0.717) is 12.1 Å². The summed E-state index contributed by atoms with van der Waals surface area (Å²) in [4.78, 5) is 6.58. The summed E-state index contributed by atoms with van der Waals surface area (Å²) in [5.41, 5.74) is 2.66. The molecule has 0 aromatic carbocycles. The normalized spacial score (nSPS) is 19.8. The number of nitrogens with one attached hydrogen (secondary N) is 1. The zero-order valence-electron chi connectivity index (χ0n) is 8.75. The van der Waals surface area contributed by atoms with Crippen molar-refractivity contribution in [2.45, 2.75) is 45.2 Å². The van der Waals surface area contributed by atoms with Gasteiger partial charge in [0, 0.05) is 13.1 Å². The van der Waals surface area contributed by atoms with Crippen molar-refractivity contribution in [3.8, 4) is 0 Å². The molecule has 0 aromatic heterocycles. The summed E-state index contributed by atoms with van der Waals surface area (Å²) < 4.78 is 0. The first-order valence-electron chi connectivity index (χ1n) is 4.96. The minimum atomic E-state index is 0.480. The molecule has 0 amide bonds. The van der Waals surface area contributed by atoms with Crippen molar-refractivity contribution in [2.75, 3.05) is 7.05 Å². The fourth-order valence-electron chi connectivity index (χ4n) is 1.09.